The number of nitrogens with zero attached hydrogens (tertiary/aromatic N) is 1. The van der Waals surface area contributed by atoms with E-state index < -0.39 is 0 Å². The SMILES string of the molecule is C=CCN1CC[C@H]2c3c(cccc3OC)CC[C@H]21.Cl. The Kier molecular flexibility index (Phi) is 4.54. The van der Waals surface area contributed by atoms with Crippen molar-refractivity contribution in [2.45, 2.75) is 31.2 Å². The third-order valence-corrected chi connectivity index (χ3v) is 4.48. The van der Waals surface area contributed by atoms with E-state index in [1.807, 2.05) is 6.08 Å². The van der Waals surface area contributed by atoms with Crippen LogP contribution in [0.3, 0.4) is 0 Å². The van der Waals surface area contributed by atoms with Crippen molar-refractivity contribution in [1.82, 2.24) is 4.90 Å². The minimum atomic E-state index is 0. The molecule has 2 atom stereocenters. The molecule has 1 fully saturated rings. The van der Waals surface area contributed by atoms with Crippen molar-refractivity contribution in [3.8, 4) is 5.75 Å². The van der Waals surface area contributed by atoms with Crippen LogP contribution in [0.5, 0.6) is 5.75 Å². The predicted molar refractivity (Wildman–Crippen MR) is 81.5 cm³/mol. The van der Waals surface area contributed by atoms with Gasteiger partial charge in [0, 0.05) is 24.1 Å². The highest BCUT2D eigenvalue weighted by molar-refractivity contribution is 5.85. The Morgan fingerprint density at radius 1 is 1.42 bits per heavy atom. The molecule has 0 amide bonds. The van der Waals surface area contributed by atoms with E-state index in [2.05, 4.69) is 29.7 Å². The lowest BCUT2D eigenvalue weighted by atomic mass is 9.79. The summed E-state index contributed by atoms with van der Waals surface area (Å²) in [6, 6.07) is 7.18. The van der Waals surface area contributed by atoms with Gasteiger partial charge in [0.05, 0.1) is 7.11 Å². The zero-order valence-corrected chi connectivity index (χ0v) is 12.3. The molecule has 0 saturated carbocycles. The van der Waals surface area contributed by atoms with Crippen molar-refractivity contribution in [3.05, 3.63) is 42.0 Å². The topological polar surface area (TPSA) is 12.5 Å². The van der Waals surface area contributed by atoms with E-state index in [1.165, 1.54) is 36.9 Å². The van der Waals surface area contributed by atoms with Crippen LogP contribution in [0, 0.1) is 0 Å². The fourth-order valence-electron chi connectivity index (χ4n) is 3.74. The number of likely N-dealkylation sites (tertiary alicyclic amines) is 1. The maximum atomic E-state index is 5.58. The lowest BCUT2D eigenvalue weighted by molar-refractivity contribution is 0.247. The fourth-order valence-corrected chi connectivity index (χ4v) is 3.74. The Balaban J connectivity index is 0.00000133. The van der Waals surface area contributed by atoms with E-state index >= 15 is 0 Å². The first kappa shape index (κ1) is 14.4. The first-order chi connectivity index (χ1) is 8.85. The Labute approximate surface area is 121 Å². The molecule has 1 heterocycles. The molecule has 0 N–H and O–H groups in total. The van der Waals surface area contributed by atoms with Crippen molar-refractivity contribution >= 4 is 12.4 Å². The van der Waals surface area contributed by atoms with Crippen molar-refractivity contribution in [1.29, 1.82) is 0 Å². The quantitative estimate of drug-likeness (QED) is 0.786. The lowest BCUT2D eigenvalue weighted by Crippen LogP contribution is -2.35. The molecule has 3 rings (SSSR count). The van der Waals surface area contributed by atoms with Crippen molar-refractivity contribution in [3.63, 3.8) is 0 Å². The van der Waals surface area contributed by atoms with E-state index in [0.717, 1.165) is 12.3 Å². The summed E-state index contributed by atoms with van der Waals surface area (Å²) in [7, 11) is 1.79. The highest BCUT2D eigenvalue weighted by atomic mass is 35.5. The molecule has 1 aromatic carbocycles. The zero-order chi connectivity index (χ0) is 12.5. The third kappa shape index (κ3) is 2.39. The number of rotatable bonds is 3. The maximum absolute atomic E-state index is 5.58. The predicted octanol–water partition coefficient (Wildman–Crippen LogP) is 3.41. The van der Waals surface area contributed by atoms with Gasteiger partial charge >= 0.3 is 0 Å². The summed E-state index contributed by atoms with van der Waals surface area (Å²) in [4.78, 5) is 2.58. The summed E-state index contributed by atoms with van der Waals surface area (Å²) in [5, 5.41) is 0. The second kappa shape index (κ2) is 5.98. The monoisotopic (exact) mass is 279 g/mol. The highest BCUT2D eigenvalue weighted by Crippen LogP contribution is 2.45. The van der Waals surface area contributed by atoms with Crippen LogP contribution < -0.4 is 4.74 Å². The molecule has 104 valence electrons. The number of benzene rings is 1. The summed E-state index contributed by atoms with van der Waals surface area (Å²) in [5.41, 5.74) is 2.97. The molecule has 3 heteroatoms. The average molecular weight is 280 g/mol. The van der Waals surface area contributed by atoms with Gasteiger partial charge in [0.2, 0.25) is 0 Å². The normalized spacial score (nSPS) is 25.1. The Bertz CT molecular complexity index is 446. The van der Waals surface area contributed by atoms with Gasteiger partial charge in [-0.05, 0) is 37.4 Å². The van der Waals surface area contributed by atoms with Gasteiger partial charge in [-0.1, -0.05) is 18.2 Å². The number of hydrogen-bond donors (Lipinski definition) is 0. The molecule has 2 nitrogen and oxygen atoms in total. The molecule has 1 aliphatic heterocycles. The van der Waals surface area contributed by atoms with Crippen LogP contribution in [0.25, 0.3) is 0 Å². The number of hydrogen-bond acceptors (Lipinski definition) is 2. The minimum absolute atomic E-state index is 0. The third-order valence-electron chi connectivity index (χ3n) is 4.48. The van der Waals surface area contributed by atoms with Crippen LogP contribution in [0.1, 0.15) is 29.9 Å². The summed E-state index contributed by atoms with van der Waals surface area (Å²) < 4.78 is 5.58. The van der Waals surface area contributed by atoms with Gasteiger partial charge in [0.25, 0.3) is 0 Å². The standard InChI is InChI=1S/C16H21NO.ClH/c1-3-10-17-11-9-13-14(17)8-7-12-5-4-6-15(18-2)16(12)13;/h3-6,13-14H,1,7-11H2,2H3;1H/t13-,14-;/m1./s1. The van der Waals surface area contributed by atoms with E-state index in [4.69, 9.17) is 4.74 Å². The van der Waals surface area contributed by atoms with Gasteiger partial charge < -0.3 is 4.74 Å². The summed E-state index contributed by atoms with van der Waals surface area (Å²) in [6.07, 6.45) is 5.74. The van der Waals surface area contributed by atoms with Gasteiger partial charge in [0.15, 0.2) is 0 Å². The largest absolute Gasteiger partial charge is 0.496 e. The van der Waals surface area contributed by atoms with Crippen LogP contribution in [0.2, 0.25) is 0 Å². The molecule has 0 radical (unpaired) electrons. The van der Waals surface area contributed by atoms with E-state index in [9.17, 15) is 0 Å². The molecule has 1 saturated heterocycles. The van der Waals surface area contributed by atoms with Crippen LogP contribution >= 0.6 is 12.4 Å². The maximum Gasteiger partial charge on any atom is 0.122 e. The van der Waals surface area contributed by atoms with Gasteiger partial charge in [-0.3, -0.25) is 4.90 Å². The molecule has 0 unspecified atom stereocenters. The molecule has 0 aromatic heterocycles. The van der Waals surface area contributed by atoms with Gasteiger partial charge in [-0.25, -0.2) is 0 Å². The highest BCUT2D eigenvalue weighted by Gasteiger charge is 2.39. The second-order valence-corrected chi connectivity index (χ2v) is 5.32. The molecular weight excluding hydrogens is 258 g/mol. The first-order valence-corrected chi connectivity index (χ1v) is 6.86. The average Bonchev–Trinajstić information content (AvgIpc) is 2.82. The van der Waals surface area contributed by atoms with Crippen LogP contribution in [0.15, 0.2) is 30.9 Å². The summed E-state index contributed by atoms with van der Waals surface area (Å²) in [5.74, 6) is 1.74. The van der Waals surface area contributed by atoms with E-state index in [0.29, 0.717) is 12.0 Å². The molecular formula is C16H22ClNO. The summed E-state index contributed by atoms with van der Waals surface area (Å²) in [6.45, 7) is 6.09. The molecule has 2 aliphatic rings. The fraction of sp³-hybridized carbons (Fsp3) is 0.500. The molecule has 19 heavy (non-hydrogen) atoms. The van der Waals surface area contributed by atoms with E-state index in [-0.39, 0.29) is 12.4 Å². The first-order valence-electron chi connectivity index (χ1n) is 6.86. The number of halogens is 1. The van der Waals surface area contributed by atoms with Crippen molar-refractivity contribution in [2.24, 2.45) is 0 Å². The number of fused-ring (bicyclic) bond motifs is 3. The van der Waals surface area contributed by atoms with Crippen molar-refractivity contribution in [2.75, 3.05) is 20.2 Å². The molecule has 0 bridgehead atoms. The van der Waals surface area contributed by atoms with Crippen LogP contribution in [-0.4, -0.2) is 31.1 Å². The number of ether oxygens (including phenoxy) is 1. The van der Waals surface area contributed by atoms with Crippen molar-refractivity contribution < 1.29 is 4.74 Å². The Morgan fingerprint density at radius 2 is 2.26 bits per heavy atom. The number of methoxy groups -OCH3 is 1. The minimum Gasteiger partial charge on any atom is -0.496 e. The number of aryl methyl sites for hydroxylation is 1. The Morgan fingerprint density at radius 3 is 3.00 bits per heavy atom. The Hall–Kier alpha value is -0.990. The molecule has 1 aliphatic carbocycles. The van der Waals surface area contributed by atoms with Gasteiger partial charge in [0.1, 0.15) is 5.75 Å². The molecule has 0 spiro atoms. The zero-order valence-electron chi connectivity index (χ0n) is 11.5. The smallest absolute Gasteiger partial charge is 0.122 e. The van der Waals surface area contributed by atoms with E-state index in [1.54, 1.807) is 7.11 Å². The molecule has 1 aromatic rings. The van der Waals surface area contributed by atoms with Crippen LogP contribution in [-0.2, 0) is 6.42 Å². The van der Waals surface area contributed by atoms with Gasteiger partial charge in [-0.2, -0.15) is 0 Å². The summed E-state index contributed by atoms with van der Waals surface area (Å²) >= 11 is 0. The van der Waals surface area contributed by atoms with Gasteiger partial charge in [-0.15, -0.1) is 19.0 Å². The second-order valence-electron chi connectivity index (χ2n) is 5.32. The van der Waals surface area contributed by atoms with Crippen LogP contribution in [0.4, 0.5) is 0 Å². The lowest BCUT2D eigenvalue weighted by Gasteiger charge is -2.33.